The van der Waals surface area contributed by atoms with Gasteiger partial charge in [-0.05, 0) is 31.4 Å². The summed E-state index contributed by atoms with van der Waals surface area (Å²) in [6.45, 7) is 0.679. The van der Waals surface area contributed by atoms with Crippen LogP contribution in [0.5, 0.6) is 0 Å². The Morgan fingerprint density at radius 2 is 1.80 bits per heavy atom. The summed E-state index contributed by atoms with van der Waals surface area (Å²) in [4.78, 5) is 28.0. The lowest BCUT2D eigenvalue weighted by Gasteiger charge is -2.43. The molecule has 1 aromatic rings. The Bertz CT molecular complexity index is 556. The summed E-state index contributed by atoms with van der Waals surface area (Å²) in [5, 5.41) is 0.783. The smallest absolute Gasteiger partial charge is 0.250 e. The number of amides is 2. The van der Waals surface area contributed by atoms with E-state index in [0.29, 0.717) is 28.7 Å². The van der Waals surface area contributed by atoms with Crippen LogP contribution in [0.4, 0.5) is 5.69 Å². The molecular weight excluding hydrogens is 299 g/mol. The van der Waals surface area contributed by atoms with Gasteiger partial charge in [0.2, 0.25) is 11.8 Å². The molecule has 1 aromatic carbocycles. The maximum absolute atomic E-state index is 12.6. The highest BCUT2D eigenvalue weighted by atomic mass is 35.5. The van der Waals surface area contributed by atoms with Gasteiger partial charge in [-0.15, -0.1) is 0 Å². The first-order chi connectivity index (χ1) is 9.59. The molecule has 0 aromatic heterocycles. The predicted octanol–water partition coefficient (Wildman–Crippen LogP) is 2.72. The van der Waals surface area contributed by atoms with E-state index < -0.39 is 0 Å². The summed E-state index contributed by atoms with van der Waals surface area (Å²) in [6.07, 6.45) is 2.63. The molecule has 2 aliphatic heterocycles. The number of rotatable bonds is 1. The van der Waals surface area contributed by atoms with Crippen LogP contribution in [-0.4, -0.2) is 35.8 Å². The Kier molecular flexibility index (Phi) is 3.61. The highest BCUT2D eigenvalue weighted by molar-refractivity contribution is 6.40. The van der Waals surface area contributed by atoms with E-state index in [-0.39, 0.29) is 24.4 Å². The number of piperidine rings is 1. The van der Waals surface area contributed by atoms with Crippen molar-refractivity contribution in [3.63, 3.8) is 0 Å². The lowest BCUT2D eigenvalue weighted by Crippen LogP contribution is -2.61. The van der Waals surface area contributed by atoms with Gasteiger partial charge in [-0.3, -0.25) is 14.5 Å². The summed E-state index contributed by atoms with van der Waals surface area (Å²) >= 11 is 12.3. The number of nitrogens with zero attached hydrogens (tertiary/aromatic N) is 2. The third-order valence-electron chi connectivity index (χ3n) is 3.88. The van der Waals surface area contributed by atoms with Gasteiger partial charge in [0.25, 0.3) is 0 Å². The van der Waals surface area contributed by atoms with Gasteiger partial charge in [-0.25, -0.2) is 0 Å². The maximum Gasteiger partial charge on any atom is 0.250 e. The number of hydrogen-bond donors (Lipinski definition) is 0. The Balaban J connectivity index is 1.98. The van der Waals surface area contributed by atoms with E-state index in [1.165, 1.54) is 4.90 Å². The SMILES string of the molecule is O=C1C2CCCCN2C(=O)CN1c1c(Cl)cccc1Cl. The van der Waals surface area contributed by atoms with E-state index in [9.17, 15) is 9.59 Å². The molecule has 1 unspecified atom stereocenters. The van der Waals surface area contributed by atoms with E-state index in [1.54, 1.807) is 23.1 Å². The van der Waals surface area contributed by atoms with Gasteiger partial charge < -0.3 is 4.90 Å². The molecule has 106 valence electrons. The summed E-state index contributed by atoms with van der Waals surface area (Å²) in [5.74, 6) is -0.121. The first-order valence-corrected chi connectivity index (χ1v) is 7.40. The molecule has 3 rings (SSSR count). The van der Waals surface area contributed by atoms with Gasteiger partial charge >= 0.3 is 0 Å². The van der Waals surface area contributed by atoms with Crippen molar-refractivity contribution < 1.29 is 9.59 Å². The zero-order chi connectivity index (χ0) is 14.3. The van der Waals surface area contributed by atoms with Gasteiger partial charge in [0.05, 0.1) is 15.7 Å². The zero-order valence-electron chi connectivity index (χ0n) is 10.8. The highest BCUT2D eigenvalue weighted by Crippen LogP contribution is 2.36. The van der Waals surface area contributed by atoms with Crippen LogP contribution < -0.4 is 4.90 Å². The number of carbonyl (C=O) groups excluding carboxylic acids is 2. The van der Waals surface area contributed by atoms with Crippen LogP contribution in [0.25, 0.3) is 0 Å². The van der Waals surface area contributed by atoms with Crippen molar-refractivity contribution in [2.24, 2.45) is 0 Å². The predicted molar refractivity (Wildman–Crippen MR) is 78.2 cm³/mol. The zero-order valence-corrected chi connectivity index (χ0v) is 12.3. The minimum atomic E-state index is -0.364. The molecule has 0 spiro atoms. The molecule has 0 saturated carbocycles. The molecule has 6 heteroatoms. The Morgan fingerprint density at radius 1 is 1.10 bits per heavy atom. The van der Waals surface area contributed by atoms with Crippen LogP contribution in [0.1, 0.15) is 19.3 Å². The third-order valence-corrected chi connectivity index (χ3v) is 4.49. The molecule has 4 nitrogen and oxygen atoms in total. The van der Waals surface area contributed by atoms with Crippen molar-refractivity contribution in [1.82, 2.24) is 4.90 Å². The Labute approximate surface area is 127 Å². The molecule has 2 heterocycles. The van der Waals surface area contributed by atoms with Crippen molar-refractivity contribution in [3.05, 3.63) is 28.2 Å². The quantitative estimate of drug-likeness (QED) is 0.800. The van der Waals surface area contributed by atoms with Gasteiger partial charge in [0, 0.05) is 6.54 Å². The number of fused-ring (bicyclic) bond motifs is 1. The van der Waals surface area contributed by atoms with Gasteiger partial charge in [-0.1, -0.05) is 29.3 Å². The van der Waals surface area contributed by atoms with Crippen molar-refractivity contribution in [1.29, 1.82) is 0 Å². The number of hydrogen-bond acceptors (Lipinski definition) is 2. The second kappa shape index (κ2) is 5.26. The standard InChI is InChI=1S/C14H14Cl2N2O2/c15-9-4-3-5-10(16)13(9)18-8-12(19)17-7-2-1-6-11(17)14(18)20/h3-5,11H,1-2,6-8H2. The first-order valence-electron chi connectivity index (χ1n) is 6.64. The largest absolute Gasteiger partial charge is 0.329 e. The molecule has 0 radical (unpaired) electrons. The van der Waals surface area contributed by atoms with Crippen LogP contribution in [0.15, 0.2) is 18.2 Å². The Hall–Kier alpha value is -1.26. The van der Waals surface area contributed by atoms with Crippen LogP contribution in [0.3, 0.4) is 0 Å². The average Bonchev–Trinajstić information content (AvgIpc) is 2.44. The van der Waals surface area contributed by atoms with Gasteiger partial charge in [0.1, 0.15) is 12.6 Å². The van der Waals surface area contributed by atoms with Crippen molar-refractivity contribution in [3.8, 4) is 0 Å². The van der Waals surface area contributed by atoms with Crippen molar-refractivity contribution >= 4 is 40.7 Å². The van der Waals surface area contributed by atoms with Gasteiger partial charge in [-0.2, -0.15) is 0 Å². The molecule has 2 amide bonds. The lowest BCUT2D eigenvalue weighted by molar-refractivity contribution is -0.144. The summed E-state index contributed by atoms with van der Waals surface area (Å²) < 4.78 is 0. The molecule has 20 heavy (non-hydrogen) atoms. The molecule has 1 atom stereocenters. The summed E-state index contributed by atoms with van der Waals surface area (Å²) in [7, 11) is 0. The molecule has 0 bridgehead atoms. The van der Waals surface area contributed by atoms with Crippen molar-refractivity contribution in [2.45, 2.75) is 25.3 Å². The third kappa shape index (κ3) is 2.17. The molecule has 0 N–H and O–H groups in total. The van der Waals surface area contributed by atoms with E-state index in [1.807, 2.05) is 0 Å². The monoisotopic (exact) mass is 312 g/mol. The van der Waals surface area contributed by atoms with E-state index in [4.69, 9.17) is 23.2 Å². The van der Waals surface area contributed by atoms with Gasteiger partial charge in [0.15, 0.2) is 0 Å². The summed E-state index contributed by atoms with van der Waals surface area (Å²) in [6, 6.07) is 4.70. The highest BCUT2D eigenvalue weighted by Gasteiger charge is 2.41. The maximum atomic E-state index is 12.6. The average molecular weight is 313 g/mol. The topological polar surface area (TPSA) is 40.6 Å². The molecule has 2 saturated heterocycles. The Morgan fingerprint density at radius 3 is 2.50 bits per heavy atom. The molecule has 0 aliphatic carbocycles. The number of halogens is 2. The minimum Gasteiger partial charge on any atom is -0.329 e. The first kappa shape index (κ1) is 13.7. The van der Waals surface area contributed by atoms with E-state index in [0.717, 1.165) is 12.8 Å². The van der Waals surface area contributed by atoms with Crippen LogP contribution in [0, 0.1) is 0 Å². The number of carbonyl (C=O) groups is 2. The normalized spacial score (nSPS) is 23.0. The van der Waals surface area contributed by atoms with Crippen LogP contribution in [0.2, 0.25) is 10.0 Å². The summed E-state index contributed by atoms with van der Waals surface area (Å²) in [5.41, 5.74) is 0.444. The number of benzene rings is 1. The second-order valence-corrected chi connectivity index (χ2v) is 5.91. The minimum absolute atomic E-state index is 0.0127. The van der Waals surface area contributed by atoms with E-state index >= 15 is 0 Å². The molecule has 2 aliphatic rings. The number of piperazine rings is 1. The van der Waals surface area contributed by atoms with Crippen LogP contribution >= 0.6 is 23.2 Å². The van der Waals surface area contributed by atoms with E-state index in [2.05, 4.69) is 0 Å². The van der Waals surface area contributed by atoms with Crippen LogP contribution in [-0.2, 0) is 9.59 Å². The fourth-order valence-corrected chi connectivity index (χ4v) is 3.51. The molecule has 2 fully saturated rings. The lowest BCUT2D eigenvalue weighted by atomic mass is 9.98. The second-order valence-electron chi connectivity index (χ2n) is 5.09. The van der Waals surface area contributed by atoms with Crippen molar-refractivity contribution in [2.75, 3.05) is 18.0 Å². The molecular formula is C14H14Cl2N2O2. The number of para-hydroxylation sites is 1. The fraction of sp³-hybridized carbons (Fsp3) is 0.429. The fourth-order valence-electron chi connectivity index (χ4n) is 2.91. The number of anilines is 1.